The first-order chi connectivity index (χ1) is 11.2. The lowest BCUT2D eigenvalue weighted by atomic mass is 10.0. The molecule has 1 aromatic carbocycles. The predicted octanol–water partition coefficient (Wildman–Crippen LogP) is 3.80. The van der Waals surface area contributed by atoms with Gasteiger partial charge in [0, 0.05) is 12.2 Å². The SMILES string of the molecule is Cc1ccc(-c2nc3sc(C4CCCO4)nn3c2C#N)c(C)c1. The van der Waals surface area contributed by atoms with Crippen LogP contribution >= 0.6 is 11.3 Å². The van der Waals surface area contributed by atoms with Gasteiger partial charge in [-0.15, -0.1) is 0 Å². The Kier molecular flexibility index (Phi) is 3.40. The highest BCUT2D eigenvalue weighted by atomic mass is 32.1. The van der Waals surface area contributed by atoms with Crippen LogP contribution in [0.4, 0.5) is 0 Å². The van der Waals surface area contributed by atoms with Crippen molar-refractivity contribution in [2.45, 2.75) is 32.8 Å². The molecule has 6 heteroatoms. The minimum absolute atomic E-state index is 0.0535. The van der Waals surface area contributed by atoms with E-state index in [1.54, 1.807) is 4.52 Å². The van der Waals surface area contributed by atoms with Crippen molar-refractivity contribution in [2.24, 2.45) is 0 Å². The normalized spacial score (nSPS) is 17.7. The van der Waals surface area contributed by atoms with Crippen LogP contribution in [-0.4, -0.2) is 21.2 Å². The highest BCUT2D eigenvalue weighted by Gasteiger charge is 2.25. The second kappa shape index (κ2) is 5.44. The molecular weight excluding hydrogens is 308 g/mol. The van der Waals surface area contributed by atoms with Crippen molar-refractivity contribution in [1.29, 1.82) is 5.26 Å². The molecule has 1 aliphatic heterocycles. The largest absolute Gasteiger partial charge is 0.371 e. The number of aromatic nitrogens is 3. The van der Waals surface area contributed by atoms with Crippen LogP contribution in [0.1, 0.15) is 40.8 Å². The molecule has 1 unspecified atom stereocenters. The smallest absolute Gasteiger partial charge is 0.214 e. The molecule has 0 spiro atoms. The number of benzene rings is 1. The van der Waals surface area contributed by atoms with Gasteiger partial charge in [0.25, 0.3) is 0 Å². The summed E-state index contributed by atoms with van der Waals surface area (Å²) in [5.74, 6) is 0. The van der Waals surface area contributed by atoms with Crippen LogP contribution in [0.15, 0.2) is 18.2 Å². The van der Waals surface area contributed by atoms with Gasteiger partial charge in [0.1, 0.15) is 22.9 Å². The van der Waals surface area contributed by atoms with E-state index in [2.05, 4.69) is 29.1 Å². The van der Waals surface area contributed by atoms with Crippen molar-refractivity contribution in [2.75, 3.05) is 6.61 Å². The van der Waals surface area contributed by atoms with E-state index in [9.17, 15) is 5.26 Å². The van der Waals surface area contributed by atoms with Crippen LogP contribution in [0.25, 0.3) is 16.2 Å². The molecule has 0 amide bonds. The van der Waals surface area contributed by atoms with E-state index in [-0.39, 0.29) is 6.10 Å². The minimum Gasteiger partial charge on any atom is -0.371 e. The second-order valence-corrected chi connectivity index (χ2v) is 6.86. The number of rotatable bonds is 2. The van der Waals surface area contributed by atoms with Gasteiger partial charge in [-0.25, -0.2) is 4.98 Å². The summed E-state index contributed by atoms with van der Waals surface area (Å²) in [6.45, 7) is 4.89. The van der Waals surface area contributed by atoms with E-state index in [0.717, 1.165) is 40.5 Å². The number of imidazole rings is 1. The van der Waals surface area contributed by atoms with E-state index in [1.807, 2.05) is 19.1 Å². The zero-order valence-corrected chi connectivity index (χ0v) is 13.9. The first kappa shape index (κ1) is 14.4. The monoisotopic (exact) mass is 324 g/mol. The molecule has 3 heterocycles. The molecule has 1 aliphatic rings. The number of ether oxygens (including phenoxy) is 1. The van der Waals surface area contributed by atoms with E-state index in [1.165, 1.54) is 16.9 Å². The van der Waals surface area contributed by atoms with Crippen LogP contribution in [0.2, 0.25) is 0 Å². The Morgan fingerprint density at radius 2 is 2.26 bits per heavy atom. The fraction of sp³-hybridized carbons (Fsp3) is 0.353. The molecule has 1 saturated heterocycles. The third kappa shape index (κ3) is 2.33. The van der Waals surface area contributed by atoms with Crippen LogP contribution in [0.5, 0.6) is 0 Å². The molecule has 0 bridgehead atoms. The standard InChI is InChI=1S/C17H16N4OS/c1-10-5-6-12(11(2)8-10)15-13(9-18)21-17(19-15)23-16(20-21)14-4-3-7-22-14/h5-6,8,14H,3-4,7H2,1-2H3. The molecule has 0 saturated carbocycles. The summed E-state index contributed by atoms with van der Waals surface area (Å²) in [5.41, 5.74) is 4.51. The second-order valence-electron chi connectivity index (χ2n) is 5.88. The Labute approximate surface area is 138 Å². The lowest BCUT2D eigenvalue weighted by molar-refractivity contribution is 0.111. The summed E-state index contributed by atoms with van der Waals surface area (Å²) in [6, 6.07) is 8.44. The highest BCUT2D eigenvalue weighted by molar-refractivity contribution is 7.16. The molecule has 0 aliphatic carbocycles. The van der Waals surface area contributed by atoms with Crippen LogP contribution < -0.4 is 0 Å². The van der Waals surface area contributed by atoms with Crippen LogP contribution in [-0.2, 0) is 4.74 Å². The molecule has 116 valence electrons. The van der Waals surface area contributed by atoms with Gasteiger partial charge < -0.3 is 4.74 Å². The number of nitrogens with zero attached hydrogens (tertiary/aromatic N) is 4. The topological polar surface area (TPSA) is 63.2 Å². The highest BCUT2D eigenvalue weighted by Crippen LogP contribution is 2.34. The minimum atomic E-state index is 0.0535. The van der Waals surface area contributed by atoms with Gasteiger partial charge in [-0.2, -0.15) is 14.9 Å². The molecule has 1 atom stereocenters. The summed E-state index contributed by atoms with van der Waals surface area (Å²) in [4.78, 5) is 5.43. The maximum Gasteiger partial charge on any atom is 0.214 e. The molecular formula is C17H16N4OS. The van der Waals surface area contributed by atoms with E-state index < -0.39 is 0 Å². The average molecular weight is 324 g/mol. The van der Waals surface area contributed by atoms with Crippen molar-refractivity contribution < 1.29 is 4.74 Å². The van der Waals surface area contributed by atoms with Gasteiger partial charge in [-0.3, -0.25) is 0 Å². The molecule has 1 fully saturated rings. The first-order valence-electron chi connectivity index (χ1n) is 7.66. The molecule has 0 radical (unpaired) electrons. The van der Waals surface area contributed by atoms with Crippen LogP contribution in [0, 0.1) is 25.2 Å². The van der Waals surface area contributed by atoms with Gasteiger partial charge in [0.2, 0.25) is 4.96 Å². The van der Waals surface area contributed by atoms with Crippen LogP contribution in [0.3, 0.4) is 0 Å². The predicted molar refractivity (Wildman–Crippen MR) is 88.4 cm³/mol. The third-order valence-electron chi connectivity index (χ3n) is 4.17. The number of nitriles is 1. The van der Waals surface area contributed by atoms with Gasteiger partial charge in [0.15, 0.2) is 5.69 Å². The Bertz CT molecular complexity index is 928. The summed E-state index contributed by atoms with van der Waals surface area (Å²) < 4.78 is 7.35. The number of hydrogen-bond acceptors (Lipinski definition) is 5. The lowest BCUT2D eigenvalue weighted by Crippen LogP contribution is -1.98. The quantitative estimate of drug-likeness (QED) is 0.719. The Morgan fingerprint density at radius 1 is 1.39 bits per heavy atom. The Morgan fingerprint density at radius 3 is 2.96 bits per heavy atom. The van der Waals surface area contributed by atoms with Crippen molar-refractivity contribution >= 4 is 16.3 Å². The lowest BCUT2D eigenvalue weighted by Gasteiger charge is -2.05. The maximum absolute atomic E-state index is 9.61. The van der Waals surface area contributed by atoms with Crippen molar-refractivity contribution in [1.82, 2.24) is 14.6 Å². The van der Waals surface area contributed by atoms with Crippen molar-refractivity contribution in [3.8, 4) is 17.3 Å². The summed E-state index contributed by atoms with van der Waals surface area (Å²) >= 11 is 1.51. The van der Waals surface area contributed by atoms with E-state index >= 15 is 0 Å². The summed E-state index contributed by atoms with van der Waals surface area (Å²) in [6.07, 6.45) is 2.10. The molecule has 23 heavy (non-hydrogen) atoms. The molecule has 4 rings (SSSR count). The zero-order valence-electron chi connectivity index (χ0n) is 13.0. The first-order valence-corrected chi connectivity index (χ1v) is 8.48. The Balaban J connectivity index is 1.85. The fourth-order valence-electron chi connectivity index (χ4n) is 3.03. The average Bonchev–Trinajstić information content (AvgIpc) is 3.22. The van der Waals surface area contributed by atoms with Gasteiger partial charge in [0.05, 0.1) is 0 Å². The van der Waals surface area contributed by atoms with Gasteiger partial charge in [-0.1, -0.05) is 35.1 Å². The van der Waals surface area contributed by atoms with E-state index in [4.69, 9.17) is 4.74 Å². The summed E-state index contributed by atoms with van der Waals surface area (Å²) in [7, 11) is 0. The summed E-state index contributed by atoms with van der Waals surface area (Å²) in [5, 5.41) is 15.1. The number of hydrogen-bond donors (Lipinski definition) is 0. The third-order valence-corrected chi connectivity index (χ3v) is 5.17. The van der Waals surface area contributed by atoms with Crippen molar-refractivity contribution in [3.63, 3.8) is 0 Å². The molecule has 0 N–H and O–H groups in total. The fourth-order valence-corrected chi connectivity index (χ4v) is 4.02. The van der Waals surface area contributed by atoms with Gasteiger partial charge in [-0.05, 0) is 32.3 Å². The molecule has 2 aromatic heterocycles. The van der Waals surface area contributed by atoms with Crippen molar-refractivity contribution in [3.05, 3.63) is 40.0 Å². The van der Waals surface area contributed by atoms with E-state index in [0.29, 0.717) is 11.4 Å². The number of fused-ring (bicyclic) bond motifs is 1. The van der Waals surface area contributed by atoms with Gasteiger partial charge >= 0.3 is 0 Å². The number of aryl methyl sites for hydroxylation is 2. The maximum atomic E-state index is 9.61. The molecule has 5 nitrogen and oxygen atoms in total. The zero-order chi connectivity index (χ0) is 16.0. The Hall–Kier alpha value is -2.23. The molecule has 3 aromatic rings.